The van der Waals surface area contributed by atoms with Crippen molar-refractivity contribution >= 4 is 16.9 Å². The van der Waals surface area contributed by atoms with Crippen LogP contribution in [-0.4, -0.2) is 94.3 Å². The van der Waals surface area contributed by atoms with E-state index in [-0.39, 0.29) is 11.1 Å². The van der Waals surface area contributed by atoms with Gasteiger partial charge >= 0.3 is 5.97 Å². The van der Waals surface area contributed by atoms with E-state index in [1.165, 1.54) is 6.07 Å². The van der Waals surface area contributed by atoms with Gasteiger partial charge in [0, 0.05) is 17.7 Å². The standard InChI is InChI=1S/C28H24O16/c29-8-18-21(37)23(39)26(43-27(40)10-4-15(34)20(36)16(35)5-10)28(42-18)44-25-22(38)19-14(33)6-11(30)7-17(19)41-24(25)9-1-2-12(31)13(32)3-9/h1-7,18,21,23,26,28-37,39H,8H2/t18-,21+,23+,26+,28-/m1/s1. The zero-order valence-corrected chi connectivity index (χ0v) is 22.1. The summed E-state index contributed by atoms with van der Waals surface area (Å²) in [6.45, 7) is -0.885. The maximum atomic E-state index is 13.7. The zero-order valence-electron chi connectivity index (χ0n) is 22.1. The molecular formula is C28H24O16. The molecule has 1 aliphatic rings. The molecule has 0 bridgehead atoms. The van der Waals surface area contributed by atoms with Gasteiger partial charge in [0.25, 0.3) is 0 Å². The van der Waals surface area contributed by atoms with Crippen molar-refractivity contribution < 1.29 is 74.5 Å². The van der Waals surface area contributed by atoms with Gasteiger partial charge in [-0.15, -0.1) is 0 Å². The van der Waals surface area contributed by atoms with E-state index in [2.05, 4.69) is 0 Å². The maximum Gasteiger partial charge on any atom is 0.339 e. The first-order chi connectivity index (χ1) is 20.8. The Morgan fingerprint density at radius 1 is 0.818 bits per heavy atom. The summed E-state index contributed by atoms with van der Waals surface area (Å²) in [5.41, 5.74) is -2.05. The van der Waals surface area contributed by atoms with E-state index >= 15 is 0 Å². The number of aromatic hydroxyl groups is 7. The Bertz CT molecular complexity index is 1790. The van der Waals surface area contributed by atoms with Gasteiger partial charge in [0.05, 0.1) is 12.2 Å². The minimum absolute atomic E-state index is 0.0872. The van der Waals surface area contributed by atoms with Crippen LogP contribution in [0.5, 0.6) is 46.0 Å². The highest BCUT2D eigenvalue weighted by molar-refractivity contribution is 5.91. The summed E-state index contributed by atoms with van der Waals surface area (Å²) in [7, 11) is 0. The lowest BCUT2D eigenvalue weighted by Crippen LogP contribution is -2.61. The Labute approximate surface area is 244 Å². The molecule has 44 heavy (non-hydrogen) atoms. The third-order valence-electron chi connectivity index (χ3n) is 6.76. The first kappa shape index (κ1) is 30.1. The second-order valence-electron chi connectivity index (χ2n) is 9.69. The number of ether oxygens (including phenoxy) is 3. The van der Waals surface area contributed by atoms with Crippen LogP contribution in [0.4, 0.5) is 0 Å². The fraction of sp³-hybridized carbons (Fsp3) is 0.214. The van der Waals surface area contributed by atoms with Crippen LogP contribution in [0, 0.1) is 0 Å². The van der Waals surface area contributed by atoms with Crippen LogP contribution < -0.4 is 10.2 Å². The first-order valence-electron chi connectivity index (χ1n) is 12.6. The second kappa shape index (κ2) is 11.3. The molecule has 1 aromatic heterocycles. The minimum Gasteiger partial charge on any atom is -0.508 e. The number of phenols is 7. The number of phenolic OH excluding ortho intramolecular Hbond substituents is 7. The molecule has 0 spiro atoms. The largest absolute Gasteiger partial charge is 0.508 e. The molecule has 4 aromatic rings. The number of benzene rings is 3. The smallest absolute Gasteiger partial charge is 0.339 e. The third kappa shape index (κ3) is 5.29. The number of carbonyl (C=O) groups excluding carboxylic acids is 1. The molecule has 0 saturated carbocycles. The van der Waals surface area contributed by atoms with Gasteiger partial charge in [-0.3, -0.25) is 4.79 Å². The van der Waals surface area contributed by atoms with E-state index in [4.69, 9.17) is 18.6 Å². The first-order valence-corrected chi connectivity index (χ1v) is 12.6. The second-order valence-corrected chi connectivity index (χ2v) is 9.69. The molecule has 232 valence electrons. The molecule has 1 aliphatic heterocycles. The molecule has 0 aliphatic carbocycles. The van der Waals surface area contributed by atoms with Gasteiger partial charge in [-0.05, 0) is 30.3 Å². The number of hydrogen-bond donors (Lipinski definition) is 10. The fourth-order valence-electron chi connectivity index (χ4n) is 4.54. The predicted molar refractivity (Wildman–Crippen MR) is 144 cm³/mol. The third-order valence-corrected chi connectivity index (χ3v) is 6.76. The lowest BCUT2D eigenvalue weighted by atomic mass is 9.99. The van der Waals surface area contributed by atoms with Crippen molar-refractivity contribution in [1.29, 1.82) is 0 Å². The van der Waals surface area contributed by atoms with Crippen molar-refractivity contribution in [1.82, 2.24) is 0 Å². The summed E-state index contributed by atoms with van der Waals surface area (Å²) in [6.07, 6.45) is -9.44. The molecule has 5 rings (SSSR count). The highest BCUT2D eigenvalue weighted by Gasteiger charge is 2.48. The molecule has 10 N–H and O–H groups in total. The van der Waals surface area contributed by atoms with Crippen molar-refractivity contribution in [2.45, 2.75) is 30.7 Å². The van der Waals surface area contributed by atoms with Gasteiger partial charge in [-0.25, -0.2) is 4.79 Å². The molecule has 16 nitrogen and oxygen atoms in total. The highest BCUT2D eigenvalue weighted by atomic mass is 16.7. The normalized spacial score (nSPS) is 21.7. The Hall–Kier alpha value is -5.42. The van der Waals surface area contributed by atoms with Crippen LogP contribution in [-0.2, 0) is 9.47 Å². The summed E-state index contributed by atoms with van der Waals surface area (Å²) in [5.74, 6) is -7.70. The monoisotopic (exact) mass is 616 g/mol. The Balaban J connectivity index is 1.63. The van der Waals surface area contributed by atoms with Crippen molar-refractivity contribution in [3.05, 3.63) is 58.3 Å². The summed E-state index contributed by atoms with van der Waals surface area (Å²) < 4.78 is 22.3. The summed E-state index contributed by atoms with van der Waals surface area (Å²) in [5, 5.41) is 99.8. The molecule has 0 radical (unpaired) electrons. The van der Waals surface area contributed by atoms with Crippen molar-refractivity contribution in [3.63, 3.8) is 0 Å². The van der Waals surface area contributed by atoms with Crippen LogP contribution in [0.3, 0.4) is 0 Å². The number of fused-ring (bicyclic) bond motifs is 1. The van der Waals surface area contributed by atoms with Crippen molar-refractivity contribution in [2.75, 3.05) is 6.61 Å². The lowest BCUT2D eigenvalue weighted by molar-refractivity contribution is -0.276. The zero-order chi connectivity index (χ0) is 32.0. The number of rotatable bonds is 6. The fourth-order valence-corrected chi connectivity index (χ4v) is 4.54. The highest BCUT2D eigenvalue weighted by Crippen LogP contribution is 2.40. The van der Waals surface area contributed by atoms with Crippen LogP contribution in [0.25, 0.3) is 22.3 Å². The number of hydrogen-bond acceptors (Lipinski definition) is 16. The van der Waals surface area contributed by atoms with Gasteiger partial charge in [0.1, 0.15) is 40.8 Å². The summed E-state index contributed by atoms with van der Waals surface area (Å²) in [4.78, 5) is 26.6. The van der Waals surface area contributed by atoms with Crippen molar-refractivity contribution in [2.24, 2.45) is 0 Å². The summed E-state index contributed by atoms with van der Waals surface area (Å²) in [6, 6.07) is 6.51. The molecule has 1 fully saturated rings. The van der Waals surface area contributed by atoms with E-state index in [1.807, 2.05) is 0 Å². The topological polar surface area (TPSA) is 277 Å². The van der Waals surface area contributed by atoms with Gasteiger partial charge in [0.2, 0.25) is 17.5 Å². The molecular weight excluding hydrogens is 592 g/mol. The van der Waals surface area contributed by atoms with Gasteiger partial charge in [0.15, 0.2) is 40.6 Å². The Kier molecular flexibility index (Phi) is 7.75. The SMILES string of the molecule is O=C(O[C@@H]1[C@@H](Oc2c(-c3ccc(O)c(O)c3)oc3cc(O)cc(O)c3c2=O)O[C@H](CO)[C@H](O)[C@@H]1O)c1cc(O)c(O)c(O)c1. The van der Waals surface area contributed by atoms with Crippen LogP contribution >= 0.6 is 0 Å². The molecule has 0 unspecified atom stereocenters. The Morgan fingerprint density at radius 3 is 2.14 bits per heavy atom. The van der Waals surface area contributed by atoms with Gasteiger partial charge in [-0.1, -0.05) is 0 Å². The quantitative estimate of drug-likeness (QED) is 0.104. The average molecular weight is 616 g/mol. The molecule has 3 aromatic carbocycles. The predicted octanol–water partition coefficient (Wildman–Crippen LogP) is 0.443. The minimum atomic E-state index is -2.03. The van der Waals surface area contributed by atoms with E-state index in [0.717, 1.165) is 36.4 Å². The van der Waals surface area contributed by atoms with Crippen LogP contribution in [0.2, 0.25) is 0 Å². The van der Waals surface area contributed by atoms with E-state index in [9.17, 15) is 60.7 Å². The number of esters is 1. The van der Waals surface area contributed by atoms with Crippen LogP contribution in [0.1, 0.15) is 10.4 Å². The van der Waals surface area contributed by atoms with Gasteiger partial charge < -0.3 is 69.7 Å². The van der Waals surface area contributed by atoms with E-state index < -0.39 is 111 Å². The van der Waals surface area contributed by atoms with E-state index in [0.29, 0.717) is 0 Å². The molecule has 1 saturated heterocycles. The Morgan fingerprint density at radius 2 is 1.50 bits per heavy atom. The lowest BCUT2D eigenvalue weighted by Gasteiger charge is -2.41. The van der Waals surface area contributed by atoms with E-state index in [1.54, 1.807) is 0 Å². The average Bonchev–Trinajstić information content (AvgIpc) is 2.97. The number of aliphatic hydroxyl groups excluding tert-OH is 3. The van der Waals surface area contributed by atoms with Crippen LogP contribution in [0.15, 0.2) is 51.7 Å². The summed E-state index contributed by atoms with van der Waals surface area (Å²) >= 11 is 0. The molecule has 16 heteroatoms. The number of aliphatic hydroxyl groups is 3. The molecule has 2 heterocycles. The van der Waals surface area contributed by atoms with Gasteiger partial charge in [-0.2, -0.15) is 0 Å². The number of carbonyl (C=O) groups is 1. The molecule has 5 atom stereocenters. The maximum absolute atomic E-state index is 13.7. The van der Waals surface area contributed by atoms with Crippen molar-refractivity contribution in [3.8, 4) is 57.3 Å². The molecule has 0 amide bonds.